The average molecular weight is 545 g/mol. The number of hydrogen-bond donors (Lipinski definition) is 1. The summed E-state index contributed by atoms with van der Waals surface area (Å²) in [6.07, 6.45) is 4.61. The lowest BCUT2D eigenvalue weighted by molar-refractivity contribution is -0.115. The molecular formula is C28H36N2O7S. The van der Waals surface area contributed by atoms with Crippen LogP contribution in [0.3, 0.4) is 0 Å². The van der Waals surface area contributed by atoms with Gasteiger partial charge in [-0.3, -0.25) is 19.3 Å². The fourth-order valence-electron chi connectivity index (χ4n) is 4.62. The molecule has 0 saturated carbocycles. The SMILES string of the molecule is CCCCCc1ccc(NC(=O)CC)c2c1C(=O)N([C@H](CS(C)(=O)=O)c1ccc(OC)c(OCC)c1)C2=O. The molecule has 3 rings (SSSR count). The minimum atomic E-state index is -3.63. The lowest BCUT2D eigenvalue weighted by Gasteiger charge is -2.27. The minimum Gasteiger partial charge on any atom is -0.493 e. The van der Waals surface area contributed by atoms with Gasteiger partial charge in [-0.25, -0.2) is 8.42 Å². The molecule has 2 aromatic carbocycles. The van der Waals surface area contributed by atoms with Crippen molar-refractivity contribution in [3.8, 4) is 11.5 Å². The summed E-state index contributed by atoms with van der Waals surface area (Å²) >= 11 is 0. The van der Waals surface area contributed by atoms with Gasteiger partial charge in [-0.1, -0.05) is 38.8 Å². The Morgan fingerprint density at radius 3 is 2.32 bits per heavy atom. The van der Waals surface area contributed by atoms with Crippen LogP contribution >= 0.6 is 0 Å². The molecule has 1 atom stereocenters. The quantitative estimate of drug-likeness (QED) is 0.290. The van der Waals surface area contributed by atoms with Crippen molar-refractivity contribution in [1.29, 1.82) is 0 Å². The van der Waals surface area contributed by atoms with Crippen molar-refractivity contribution < 1.29 is 32.3 Å². The van der Waals surface area contributed by atoms with Crippen molar-refractivity contribution in [1.82, 2.24) is 4.90 Å². The van der Waals surface area contributed by atoms with Gasteiger partial charge in [0, 0.05) is 12.7 Å². The Kier molecular flexibility index (Phi) is 9.54. The predicted molar refractivity (Wildman–Crippen MR) is 146 cm³/mol. The van der Waals surface area contributed by atoms with Crippen LogP contribution in [0.15, 0.2) is 30.3 Å². The molecule has 2 aromatic rings. The van der Waals surface area contributed by atoms with Gasteiger partial charge < -0.3 is 14.8 Å². The molecule has 9 nitrogen and oxygen atoms in total. The fourth-order valence-corrected chi connectivity index (χ4v) is 5.54. The van der Waals surface area contributed by atoms with Crippen molar-refractivity contribution in [2.75, 3.05) is 31.0 Å². The number of ether oxygens (including phenoxy) is 2. The molecule has 0 aliphatic carbocycles. The van der Waals surface area contributed by atoms with E-state index in [0.717, 1.165) is 30.4 Å². The Labute approximate surface area is 224 Å². The summed E-state index contributed by atoms with van der Waals surface area (Å²) < 4.78 is 36.1. The lowest BCUT2D eigenvalue weighted by atomic mass is 9.96. The number of methoxy groups -OCH3 is 1. The molecule has 0 fully saturated rings. The number of aryl methyl sites for hydroxylation is 1. The standard InChI is InChI=1S/C28H36N2O7S/c1-6-9-10-11-18-12-14-20(29-24(31)7-2)26-25(18)27(32)30(28(26)33)21(17-38(5,34)35)19-13-15-22(36-4)23(16-19)37-8-3/h12-16,21H,6-11,17H2,1-5H3,(H,29,31)/t21-/m1/s1. The highest BCUT2D eigenvalue weighted by molar-refractivity contribution is 7.90. The van der Waals surface area contributed by atoms with Crippen LogP contribution in [0.5, 0.6) is 11.5 Å². The molecular weight excluding hydrogens is 508 g/mol. The van der Waals surface area contributed by atoms with Crippen molar-refractivity contribution in [3.63, 3.8) is 0 Å². The largest absolute Gasteiger partial charge is 0.493 e. The number of hydrogen-bond acceptors (Lipinski definition) is 7. The second kappa shape index (κ2) is 12.4. The third kappa shape index (κ3) is 6.35. The first-order valence-electron chi connectivity index (χ1n) is 12.9. The summed E-state index contributed by atoms with van der Waals surface area (Å²) in [5, 5.41) is 2.73. The zero-order chi connectivity index (χ0) is 28.0. The van der Waals surface area contributed by atoms with E-state index in [9.17, 15) is 22.8 Å². The second-order valence-electron chi connectivity index (χ2n) is 9.31. The number of amides is 3. The van der Waals surface area contributed by atoms with Crippen LogP contribution in [0, 0.1) is 0 Å². The lowest BCUT2D eigenvalue weighted by Crippen LogP contribution is -2.38. The zero-order valence-corrected chi connectivity index (χ0v) is 23.4. The first-order chi connectivity index (χ1) is 18.1. The van der Waals surface area contributed by atoms with Gasteiger partial charge in [0.15, 0.2) is 11.5 Å². The number of fused-ring (bicyclic) bond motifs is 1. The van der Waals surface area contributed by atoms with Crippen LogP contribution in [-0.4, -0.2) is 56.8 Å². The van der Waals surface area contributed by atoms with Gasteiger partial charge in [-0.2, -0.15) is 0 Å². The Hall–Kier alpha value is -3.40. The van der Waals surface area contributed by atoms with Gasteiger partial charge in [0.2, 0.25) is 5.91 Å². The molecule has 0 unspecified atom stereocenters. The summed E-state index contributed by atoms with van der Waals surface area (Å²) in [5.41, 5.74) is 1.68. The van der Waals surface area contributed by atoms with Crippen LogP contribution in [0.25, 0.3) is 0 Å². The molecule has 1 aliphatic rings. The van der Waals surface area contributed by atoms with Gasteiger partial charge >= 0.3 is 0 Å². The summed E-state index contributed by atoms with van der Waals surface area (Å²) in [4.78, 5) is 41.1. The molecule has 3 amide bonds. The highest BCUT2D eigenvalue weighted by Gasteiger charge is 2.44. The number of carbonyl (C=O) groups excluding carboxylic acids is 3. The molecule has 1 heterocycles. The molecule has 1 aliphatic heterocycles. The molecule has 38 heavy (non-hydrogen) atoms. The maximum Gasteiger partial charge on any atom is 0.264 e. The van der Waals surface area contributed by atoms with E-state index in [-0.39, 0.29) is 29.1 Å². The number of benzene rings is 2. The number of anilines is 1. The Morgan fingerprint density at radius 2 is 1.71 bits per heavy atom. The van der Waals surface area contributed by atoms with E-state index in [1.54, 1.807) is 44.2 Å². The van der Waals surface area contributed by atoms with E-state index < -0.39 is 33.4 Å². The van der Waals surface area contributed by atoms with Crippen LogP contribution in [0.4, 0.5) is 5.69 Å². The van der Waals surface area contributed by atoms with E-state index in [1.165, 1.54) is 7.11 Å². The van der Waals surface area contributed by atoms with Crippen LogP contribution in [0.1, 0.15) is 84.3 Å². The van der Waals surface area contributed by atoms with Gasteiger partial charge in [-0.05, 0) is 49.1 Å². The van der Waals surface area contributed by atoms with E-state index >= 15 is 0 Å². The monoisotopic (exact) mass is 544 g/mol. The number of sulfone groups is 1. The number of carbonyl (C=O) groups is 3. The number of nitrogens with zero attached hydrogens (tertiary/aromatic N) is 1. The van der Waals surface area contributed by atoms with Crippen LogP contribution < -0.4 is 14.8 Å². The molecule has 206 valence electrons. The van der Waals surface area contributed by atoms with Crippen molar-refractivity contribution >= 4 is 33.2 Å². The summed E-state index contributed by atoms with van der Waals surface area (Å²) in [6.45, 7) is 5.91. The molecule has 0 aromatic heterocycles. The molecule has 10 heteroatoms. The average Bonchev–Trinajstić information content (AvgIpc) is 3.14. The molecule has 0 saturated heterocycles. The van der Waals surface area contributed by atoms with Crippen LogP contribution in [0.2, 0.25) is 0 Å². The highest BCUT2D eigenvalue weighted by Crippen LogP contribution is 2.40. The molecule has 0 radical (unpaired) electrons. The Balaban J connectivity index is 2.17. The van der Waals surface area contributed by atoms with Crippen LogP contribution in [-0.2, 0) is 21.1 Å². The topological polar surface area (TPSA) is 119 Å². The van der Waals surface area contributed by atoms with E-state index in [2.05, 4.69) is 12.2 Å². The third-order valence-corrected chi connectivity index (χ3v) is 7.37. The maximum absolute atomic E-state index is 13.9. The minimum absolute atomic E-state index is 0.0999. The first-order valence-corrected chi connectivity index (χ1v) is 14.9. The van der Waals surface area contributed by atoms with Crippen molar-refractivity contribution in [2.45, 2.75) is 58.9 Å². The van der Waals surface area contributed by atoms with Gasteiger partial charge in [0.25, 0.3) is 11.8 Å². The third-order valence-electron chi connectivity index (χ3n) is 6.45. The van der Waals surface area contributed by atoms with E-state index in [1.807, 2.05) is 0 Å². The number of imide groups is 1. The molecule has 1 N–H and O–H groups in total. The molecule has 0 spiro atoms. The predicted octanol–water partition coefficient (Wildman–Crippen LogP) is 4.56. The smallest absolute Gasteiger partial charge is 0.264 e. The summed E-state index contributed by atoms with van der Waals surface area (Å²) in [6, 6.07) is 7.15. The van der Waals surface area contributed by atoms with E-state index in [4.69, 9.17) is 9.47 Å². The fraction of sp³-hybridized carbons (Fsp3) is 0.464. The maximum atomic E-state index is 13.9. The summed E-state index contributed by atoms with van der Waals surface area (Å²) in [5.74, 6) is -1.17. The first kappa shape index (κ1) is 29.2. The number of rotatable bonds is 13. The van der Waals surface area contributed by atoms with Gasteiger partial charge in [0.1, 0.15) is 9.84 Å². The second-order valence-corrected chi connectivity index (χ2v) is 11.5. The number of unbranched alkanes of at least 4 members (excludes halogenated alkanes) is 2. The molecule has 0 bridgehead atoms. The van der Waals surface area contributed by atoms with Crippen molar-refractivity contribution in [2.24, 2.45) is 0 Å². The van der Waals surface area contributed by atoms with Gasteiger partial charge in [-0.15, -0.1) is 0 Å². The zero-order valence-electron chi connectivity index (χ0n) is 22.6. The number of nitrogens with one attached hydrogen (secondary N) is 1. The van der Waals surface area contributed by atoms with Crippen molar-refractivity contribution in [3.05, 3.63) is 52.6 Å². The highest BCUT2D eigenvalue weighted by atomic mass is 32.2. The normalized spacial score (nSPS) is 13.9. The Bertz CT molecular complexity index is 1320. The summed E-state index contributed by atoms with van der Waals surface area (Å²) in [7, 11) is -2.14. The van der Waals surface area contributed by atoms with Gasteiger partial charge in [0.05, 0.1) is 42.3 Å². The Morgan fingerprint density at radius 1 is 1.00 bits per heavy atom. The van der Waals surface area contributed by atoms with E-state index in [0.29, 0.717) is 35.7 Å².